The normalized spacial score (nSPS) is 12.5. The van der Waals surface area contributed by atoms with Crippen molar-refractivity contribution in [2.75, 3.05) is 0 Å². The van der Waals surface area contributed by atoms with Crippen molar-refractivity contribution in [1.29, 1.82) is 0 Å². The van der Waals surface area contributed by atoms with Gasteiger partial charge in [0, 0.05) is 18.7 Å². The monoisotopic (exact) mass is 269 g/mol. The Labute approximate surface area is 111 Å². The summed E-state index contributed by atoms with van der Waals surface area (Å²) >= 11 is 1.31. The third kappa shape index (κ3) is 4.56. The van der Waals surface area contributed by atoms with Crippen molar-refractivity contribution in [3.63, 3.8) is 0 Å². The predicted molar refractivity (Wildman–Crippen MR) is 70.5 cm³/mol. The van der Waals surface area contributed by atoms with E-state index in [1.807, 2.05) is 0 Å². The molecule has 0 saturated carbocycles. The highest BCUT2D eigenvalue weighted by atomic mass is 32.1. The molecule has 100 valence electrons. The first-order valence-electron chi connectivity index (χ1n) is 6.01. The Morgan fingerprint density at radius 2 is 2.06 bits per heavy atom. The van der Waals surface area contributed by atoms with Gasteiger partial charge in [0.25, 0.3) is 0 Å². The zero-order valence-electron chi connectivity index (χ0n) is 11.2. The number of aromatic nitrogens is 1. The second-order valence-corrected chi connectivity index (χ2v) is 5.63. The molecule has 18 heavy (non-hydrogen) atoms. The van der Waals surface area contributed by atoms with Crippen molar-refractivity contribution in [1.82, 2.24) is 4.98 Å². The van der Waals surface area contributed by atoms with Crippen molar-refractivity contribution in [3.05, 3.63) is 16.1 Å². The van der Waals surface area contributed by atoms with Crippen LogP contribution in [0, 0.1) is 11.8 Å². The number of nitrogens with zero attached hydrogens (tertiary/aromatic N) is 1. The van der Waals surface area contributed by atoms with Gasteiger partial charge >= 0.3 is 5.97 Å². The topological polar surface area (TPSA) is 56.3 Å². The molecule has 1 aromatic heterocycles. The minimum atomic E-state index is -0.343. The van der Waals surface area contributed by atoms with Gasteiger partial charge in [0.2, 0.25) is 0 Å². The van der Waals surface area contributed by atoms with Gasteiger partial charge in [-0.2, -0.15) is 0 Å². The van der Waals surface area contributed by atoms with Gasteiger partial charge in [-0.3, -0.25) is 9.59 Å². The number of hydrogen-bond acceptors (Lipinski definition) is 5. The molecule has 0 N–H and O–H groups in total. The van der Waals surface area contributed by atoms with Crippen molar-refractivity contribution in [3.8, 4) is 0 Å². The molecule has 0 amide bonds. The Bertz CT molecular complexity index is 426. The Morgan fingerprint density at radius 1 is 1.39 bits per heavy atom. The van der Waals surface area contributed by atoms with Crippen molar-refractivity contribution in [2.45, 2.75) is 40.7 Å². The van der Waals surface area contributed by atoms with Crippen LogP contribution in [0.2, 0.25) is 0 Å². The first kappa shape index (κ1) is 14.8. The predicted octanol–water partition coefficient (Wildman–Crippen LogP) is 3.07. The molecule has 1 rings (SSSR count). The van der Waals surface area contributed by atoms with Crippen molar-refractivity contribution in [2.24, 2.45) is 11.8 Å². The first-order valence-corrected chi connectivity index (χ1v) is 6.89. The summed E-state index contributed by atoms with van der Waals surface area (Å²) in [5, 5.41) is 2.26. The Balaban J connectivity index is 2.56. The summed E-state index contributed by atoms with van der Waals surface area (Å²) in [6, 6.07) is 0. The number of esters is 1. The molecular weight excluding hydrogens is 250 g/mol. The molecule has 0 unspecified atom stereocenters. The minimum Gasteiger partial charge on any atom is -0.459 e. The van der Waals surface area contributed by atoms with E-state index in [-0.39, 0.29) is 18.4 Å². The van der Waals surface area contributed by atoms with Crippen LogP contribution in [-0.2, 0) is 16.1 Å². The quantitative estimate of drug-likeness (QED) is 0.588. The van der Waals surface area contributed by atoms with Crippen LogP contribution < -0.4 is 0 Å². The molecule has 0 spiro atoms. The van der Waals surface area contributed by atoms with Gasteiger partial charge in [-0.15, -0.1) is 11.3 Å². The van der Waals surface area contributed by atoms with Gasteiger partial charge in [-0.1, -0.05) is 20.8 Å². The summed E-state index contributed by atoms with van der Waals surface area (Å²) in [6.45, 7) is 7.76. The number of ketones is 1. The van der Waals surface area contributed by atoms with Gasteiger partial charge in [0.05, 0.1) is 5.69 Å². The van der Waals surface area contributed by atoms with Gasteiger partial charge in [0.15, 0.2) is 10.8 Å². The summed E-state index contributed by atoms with van der Waals surface area (Å²) in [5.74, 6) is 0.548. The van der Waals surface area contributed by atoms with E-state index in [9.17, 15) is 9.59 Å². The molecule has 5 heteroatoms. The van der Waals surface area contributed by atoms with Gasteiger partial charge in [-0.25, -0.2) is 4.98 Å². The van der Waals surface area contributed by atoms with Crippen LogP contribution in [0.3, 0.4) is 0 Å². The summed E-state index contributed by atoms with van der Waals surface area (Å²) in [5.41, 5.74) is 0.635. The lowest BCUT2D eigenvalue weighted by atomic mass is 9.93. The molecule has 0 aliphatic carbocycles. The highest BCUT2D eigenvalue weighted by molar-refractivity contribution is 7.11. The van der Waals surface area contributed by atoms with Crippen LogP contribution in [-0.4, -0.2) is 16.7 Å². The van der Waals surface area contributed by atoms with E-state index in [0.717, 1.165) is 0 Å². The largest absolute Gasteiger partial charge is 0.459 e. The third-order valence-corrected chi connectivity index (χ3v) is 3.79. The maximum Gasteiger partial charge on any atom is 0.303 e. The van der Waals surface area contributed by atoms with E-state index in [0.29, 0.717) is 29.0 Å². The molecule has 0 aliphatic rings. The highest BCUT2D eigenvalue weighted by Gasteiger charge is 2.17. The second-order valence-electron chi connectivity index (χ2n) is 4.77. The summed E-state index contributed by atoms with van der Waals surface area (Å²) < 4.78 is 4.83. The molecule has 0 saturated heterocycles. The van der Waals surface area contributed by atoms with Crippen LogP contribution >= 0.6 is 11.3 Å². The van der Waals surface area contributed by atoms with E-state index in [1.54, 1.807) is 5.38 Å². The smallest absolute Gasteiger partial charge is 0.303 e. The number of Topliss-reactive ketones (excluding diaryl/α,β-unsaturated/α-hetero) is 1. The fourth-order valence-electron chi connectivity index (χ4n) is 1.29. The molecule has 0 aromatic carbocycles. The standard InChI is InChI=1S/C13H19NO3S/c1-8(2)9(3)5-12(16)13-14-11(7-18-13)6-17-10(4)15/h7-9H,5-6H2,1-4H3/t9-/m1/s1. The Morgan fingerprint density at radius 3 is 2.61 bits per heavy atom. The van der Waals surface area contributed by atoms with E-state index in [2.05, 4.69) is 25.8 Å². The molecular formula is C13H19NO3S. The Kier molecular flexibility index (Phi) is 5.47. The molecule has 1 atom stereocenters. The second kappa shape index (κ2) is 6.64. The van der Waals surface area contributed by atoms with Crippen molar-refractivity contribution >= 4 is 23.1 Å². The van der Waals surface area contributed by atoms with E-state index in [4.69, 9.17) is 4.74 Å². The van der Waals surface area contributed by atoms with E-state index < -0.39 is 0 Å². The minimum absolute atomic E-state index is 0.0651. The molecule has 0 radical (unpaired) electrons. The van der Waals surface area contributed by atoms with Crippen LogP contribution in [0.15, 0.2) is 5.38 Å². The number of rotatable bonds is 6. The molecule has 0 aliphatic heterocycles. The molecule has 4 nitrogen and oxygen atoms in total. The average Bonchev–Trinajstić information content (AvgIpc) is 2.74. The maximum atomic E-state index is 12.0. The first-order chi connectivity index (χ1) is 8.40. The fourth-order valence-corrected chi connectivity index (χ4v) is 2.05. The SMILES string of the molecule is CC(=O)OCc1csc(C(=O)C[C@@H](C)C(C)C)n1. The summed E-state index contributed by atoms with van der Waals surface area (Å²) in [7, 11) is 0. The van der Waals surface area contributed by atoms with Crippen molar-refractivity contribution < 1.29 is 14.3 Å². The lowest BCUT2D eigenvalue weighted by Gasteiger charge is -2.12. The number of carbonyl (C=O) groups is 2. The number of carbonyl (C=O) groups excluding carboxylic acids is 2. The third-order valence-electron chi connectivity index (χ3n) is 2.86. The zero-order valence-corrected chi connectivity index (χ0v) is 12.0. The van der Waals surface area contributed by atoms with E-state index in [1.165, 1.54) is 18.3 Å². The van der Waals surface area contributed by atoms with Gasteiger partial charge < -0.3 is 4.74 Å². The van der Waals surface area contributed by atoms with Gasteiger partial charge in [0.1, 0.15) is 6.61 Å². The fraction of sp³-hybridized carbons (Fsp3) is 0.615. The van der Waals surface area contributed by atoms with Crippen LogP contribution in [0.1, 0.15) is 49.6 Å². The molecule has 1 heterocycles. The lowest BCUT2D eigenvalue weighted by Crippen LogP contribution is -2.11. The average molecular weight is 269 g/mol. The molecule has 1 aromatic rings. The van der Waals surface area contributed by atoms with E-state index >= 15 is 0 Å². The molecule has 0 bridgehead atoms. The van der Waals surface area contributed by atoms with Crippen LogP contribution in [0.5, 0.6) is 0 Å². The summed E-state index contributed by atoms with van der Waals surface area (Å²) in [4.78, 5) is 26.8. The zero-order chi connectivity index (χ0) is 13.7. The number of ether oxygens (including phenoxy) is 1. The Hall–Kier alpha value is -1.23. The highest BCUT2D eigenvalue weighted by Crippen LogP contribution is 2.19. The van der Waals surface area contributed by atoms with Crippen LogP contribution in [0.4, 0.5) is 0 Å². The number of hydrogen-bond donors (Lipinski definition) is 0. The summed E-state index contributed by atoms with van der Waals surface area (Å²) in [6.07, 6.45) is 0.512. The lowest BCUT2D eigenvalue weighted by molar-refractivity contribution is -0.142. The number of thiazole rings is 1. The maximum absolute atomic E-state index is 12.0. The molecule has 0 fully saturated rings. The van der Waals surface area contributed by atoms with Crippen LogP contribution in [0.25, 0.3) is 0 Å². The van der Waals surface area contributed by atoms with Gasteiger partial charge in [-0.05, 0) is 11.8 Å².